The van der Waals surface area contributed by atoms with E-state index in [1.54, 1.807) is 25.2 Å². The molecule has 2 rings (SSSR count). The van der Waals surface area contributed by atoms with Gasteiger partial charge in [-0.2, -0.15) is 25.3 Å². The Bertz CT molecular complexity index is 1230. The number of carbonyl (C=O) groups is 2. The molecule has 0 saturated carbocycles. The van der Waals surface area contributed by atoms with Gasteiger partial charge in [0.2, 0.25) is 16.4 Å². The van der Waals surface area contributed by atoms with Crippen LogP contribution in [0.2, 0.25) is 0 Å². The Kier molecular flexibility index (Phi) is 11.6. The summed E-state index contributed by atoms with van der Waals surface area (Å²) < 4.78 is 33.5. The number of amides is 2. The number of anilines is 1. The van der Waals surface area contributed by atoms with Crippen molar-refractivity contribution in [1.82, 2.24) is 14.9 Å². The van der Waals surface area contributed by atoms with Crippen LogP contribution >= 0.6 is 25.3 Å². The number of nitrogens with zero attached hydrogens (tertiary/aromatic N) is 2. The number of nitrogens with one attached hydrogen (secondary N) is 2. The largest absolute Gasteiger partial charge is 0.449 e. The quantitative estimate of drug-likeness (QED) is 0.128. The van der Waals surface area contributed by atoms with Crippen LogP contribution in [0.5, 0.6) is 0 Å². The first-order valence-corrected chi connectivity index (χ1v) is 14.3. The Morgan fingerprint density at radius 1 is 1.08 bits per heavy atom. The Morgan fingerprint density at radius 2 is 1.73 bits per heavy atom. The first-order chi connectivity index (χ1) is 17.4. The highest BCUT2D eigenvalue weighted by atomic mass is 32.2. The van der Waals surface area contributed by atoms with Gasteiger partial charge >= 0.3 is 6.09 Å². The van der Waals surface area contributed by atoms with Gasteiger partial charge in [0.1, 0.15) is 0 Å². The fourth-order valence-electron chi connectivity index (χ4n) is 3.84. The second-order valence-corrected chi connectivity index (χ2v) is 12.0. The molecule has 9 nitrogen and oxygen atoms in total. The van der Waals surface area contributed by atoms with Gasteiger partial charge in [0, 0.05) is 62.8 Å². The third-order valence-electron chi connectivity index (χ3n) is 6.07. The molecule has 2 aromatic carbocycles. The molecule has 0 aromatic heterocycles. The smallest absolute Gasteiger partial charge is 0.407 e. The molecule has 12 heteroatoms. The minimum absolute atomic E-state index is 0.00635. The van der Waals surface area contributed by atoms with E-state index in [2.05, 4.69) is 35.3 Å². The van der Waals surface area contributed by atoms with E-state index in [0.29, 0.717) is 18.2 Å². The van der Waals surface area contributed by atoms with Gasteiger partial charge in [-0.15, -0.1) is 0 Å². The highest BCUT2D eigenvalue weighted by Gasteiger charge is 2.20. The van der Waals surface area contributed by atoms with Crippen LogP contribution < -0.4 is 14.9 Å². The van der Waals surface area contributed by atoms with Crippen LogP contribution in [0.15, 0.2) is 52.6 Å². The summed E-state index contributed by atoms with van der Waals surface area (Å²) in [5, 5.41) is 4.00. The van der Waals surface area contributed by atoms with E-state index in [9.17, 15) is 18.0 Å². The van der Waals surface area contributed by atoms with E-state index in [0.717, 1.165) is 22.3 Å². The summed E-state index contributed by atoms with van der Waals surface area (Å²) in [5.74, 6) is -0.0574. The maximum atomic E-state index is 13.0. The number of benzene rings is 2. The van der Waals surface area contributed by atoms with Crippen molar-refractivity contribution in [2.75, 3.05) is 45.7 Å². The van der Waals surface area contributed by atoms with Crippen LogP contribution in [0.25, 0.3) is 10.8 Å². The number of thiol groups is 2. The number of fused-ring (bicyclic) bond motifs is 1. The Hall–Kier alpha value is -2.41. The van der Waals surface area contributed by atoms with Gasteiger partial charge in [0.25, 0.3) is 0 Å². The Labute approximate surface area is 230 Å². The number of hydrogen-bond donors (Lipinski definition) is 4. The zero-order valence-electron chi connectivity index (χ0n) is 21.8. The first kappa shape index (κ1) is 30.8. The third kappa shape index (κ3) is 8.29. The molecule has 204 valence electrons. The summed E-state index contributed by atoms with van der Waals surface area (Å²) >= 11 is 8.74. The Morgan fingerprint density at radius 3 is 2.35 bits per heavy atom. The molecule has 2 aromatic rings. The minimum atomic E-state index is -3.81. The molecule has 0 bridgehead atoms. The van der Waals surface area contributed by atoms with Crippen molar-refractivity contribution >= 4 is 64.2 Å². The van der Waals surface area contributed by atoms with Crippen molar-refractivity contribution in [3.05, 3.63) is 47.7 Å². The zero-order valence-corrected chi connectivity index (χ0v) is 24.4. The molecule has 0 heterocycles. The third-order valence-corrected chi connectivity index (χ3v) is 8.48. The minimum Gasteiger partial charge on any atom is -0.449 e. The van der Waals surface area contributed by atoms with Crippen molar-refractivity contribution in [2.24, 2.45) is 5.92 Å². The fraction of sp³-hybridized carbons (Fsp3) is 0.440. The summed E-state index contributed by atoms with van der Waals surface area (Å²) in [5.41, 5.74) is 2.57. The second kappa shape index (κ2) is 13.9. The van der Waals surface area contributed by atoms with E-state index in [1.165, 1.54) is 4.90 Å². The highest BCUT2D eigenvalue weighted by Crippen LogP contribution is 2.30. The number of ether oxygens (including phenoxy) is 1. The topological polar surface area (TPSA) is 108 Å². The van der Waals surface area contributed by atoms with E-state index in [-0.39, 0.29) is 35.1 Å². The number of sulfonamides is 1. The second-order valence-electron chi connectivity index (χ2n) is 8.76. The summed E-state index contributed by atoms with van der Waals surface area (Å²) in [6.07, 6.45) is 0.447. The van der Waals surface area contributed by atoms with Crippen molar-refractivity contribution in [2.45, 2.75) is 29.7 Å². The normalized spacial score (nSPS) is 13.2. The molecular formula is C25H36N4O5S3. The monoisotopic (exact) mass is 568 g/mol. The van der Waals surface area contributed by atoms with Gasteiger partial charge in [-0.1, -0.05) is 31.2 Å². The molecule has 2 amide bonds. The molecule has 0 saturated heterocycles. The number of hydrogen-bond acceptors (Lipinski definition) is 8. The van der Waals surface area contributed by atoms with Crippen LogP contribution in [0.1, 0.15) is 20.3 Å². The molecule has 37 heavy (non-hydrogen) atoms. The fourth-order valence-corrected chi connectivity index (χ4v) is 5.46. The lowest BCUT2D eigenvalue weighted by Gasteiger charge is -2.24. The Balaban J connectivity index is 1.93. The van der Waals surface area contributed by atoms with Crippen LogP contribution in [-0.2, 0) is 19.6 Å². The van der Waals surface area contributed by atoms with Crippen LogP contribution in [0.3, 0.4) is 0 Å². The van der Waals surface area contributed by atoms with E-state index in [1.807, 2.05) is 51.0 Å². The van der Waals surface area contributed by atoms with Crippen LogP contribution in [0, 0.1) is 5.92 Å². The predicted molar refractivity (Wildman–Crippen MR) is 155 cm³/mol. The van der Waals surface area contributed by atoms with Crippen molar-refractivity contribution in [3.63, 3.8) is 0 Å². The average Bonchev–Trinajstić information content (AvgIpc) is 2.86. The van der Waals surface area contributed by atoms with Gasteiger partial charge in [-0.3, -0.25) is 4.79 Å². The molecule has 0 spiro atoms. The molecule has 0 aliphatic carbocycles. The van der Waals surface area contributed by atoms with Crippen LogP contribution in [-0.4, -0.2) is 71.2 Å². The maximum Gasteiger partial charge on any atom is 0.407 e. The molecule has 0 fully saturated rings. The average molecular weight is 569 g/mol. The van der Waals surface area contributed by atoms with Gasteiger partial charge in [0.15, 0.2) is 0 Å². The summed E-state index contributed by atoms with van der Waals surface area (Å²) in [6, 6.07) is 10.7. The van der Waals surface area contributed by atoms with Gasteiger partial charge in [0.05, 0.1) is 16.1 Å². The molecule has 1 unspecified atom stereocenters. The predicted octanol–water partition coefficient (Wildman–Crippen LogP) is 3.48. The number of carbonyl (C=O) groups excluding carboxylic acids is 2. The summed E-state index contributed by atoms with van der Waals surface area (Å²) in [4.78, 5) is 26.8. The summed E-state index contributed by atoms with van der Waals surface area (Å²) in [7, 11) is 1.64. The van der Waals surface area contributed by atoms with E-state index in [4.69, 9.17) is 4.74 Å². The lowest BCUT2D eigenvalue weighted by molar-refractivity contribution is -0.115. The highest BCUT2D eigenvalue weighted by molar-refractivity contribution is 7.99. The van der Waals surface area contributed by atoms with Gasteiger partial charge in [-0.05, 0) is 30.5 Å². The number of alkyl carbamates (subject to hydrolysis) is 1. The molecule has 1 atom stereocenters. The lowest BCUT2D eigenvalue weighted by Crippen LogP contribution is -2.35. The van der Waals surface area contributed by atoms with Crippen molar-refractivity contribution in [1.29, 1.82) is 0 Å². The van der Waals surface area contributed by atoms with Crippen molar-refractivity contribution in [3.8, 4) is 0 Å². The van der Waals surface area contributed by atoms with E-state index < -0.39 is 16.1 Å². The van der Waals surface area contributed by atoms with Gasteiger partial charge < -0.3 is 19.9 Å². The summed E-state index contributed by atoms with van der Waals surface area (Å²) in [6.45, 7) is 3.87. The molecule has 0 radical (unpaired) electrons. The standard InChI is InChI=1S/C25H36N4O5S3/c1-17(24(35)36)19(18(2)29(5)16-30)12-15-34-25(31)26-13-14-27-37(32,33)23-11-7-8-20-21(23)9-6-10-22(20)28(3)4/h6-11,16-17,24,27,35-36H,12-15H2,1-5H3,(H,26,31). The van der Waals surface area contributed by atoms with Crippen molar-refractivity contribution < 1.29 is 22.7 Å². The number of allylic oxidation sites excluding steroid dienone is 1. The zero-order chi connectivity index (χ0) is 27.8. The number of rotatable bonds is 13. The molecule has 0 aliphatic heterocycles. The molecule has 0 aliphatic rings. The van der Waals surface area contributed by atoms with E-state index >= 15 is 0 Å². The van der Waals surface area contributed by atoms with Gasteiger partial charge in [-0.25, -0.2) is 17.9 Å². The molecular weight excluding hydrogens is 532 g/mol. The maximum absolute atomic E-state index is 13.0. The SMILES string of the molecule is CC(=C(CCOC(=O)NCCNS(=O)(=O)c1cccc2c(N(C)C)cccc12)C(C)C(S)S)N(C)C=O. The molecule has 2 N–H and O–H groups in total. The lowest BCUT2D eigenvalue weighted by atomic mass is 9.97. The first-order valence-electron chi connectivity index (χ1n) is 11.7. The van der Waals surface area contributed by atoms with Crippen LogP contribution in [0.4, 0.5) is 10.5 Å².